The molecule has 1 heterocycles. The first-order chi connectivity index (χ1) is 14.2. The average Bonchev–Trinajstić information content (AvgIpc) is 3.06. The number of nitro benzene ring substituents is 2. The van der Waals surface area contributed by atoms with Crippen LogP contribution < -0.4 is 5.01 Å². The zero-order valence-corrected chi connectivity index (χ0v) is 15.8. The largest absolute Gasteiger partial charge is 0.281 e. The Bertz CT molecular complexity index is 1080. The number of nitrogens with zero attached hydrogens (tertiary/aromatic N) is 6. The Labute approximate surface area is 168 Å². The summed E-state index contributed by atoms with van der Waals surface area (Å²) >= 11 is 0. The third-order valence-electron chi connectivity index (χ3n) is 4.33. The average molecular weight is 410 g/mol. The fourth-order valence-electron chi connectivity index (χ4n) is 2.54. The molecule has 3 rings (SSSR count). The molecule has 3 aromatic rings. The molecule has 0 aliphatic heterocycles. The van der Waals surface area contributed by atoms with Gasteiger partial charge in [-0.15, -0.1) is 9.89 Å². The van der Waals surface area contributed by atoms with Crippen LogP contribution in [0.4, 0.5) is 11.4 Å². The van der Waals surface area contributed by atoms with E-state index in [9.17, 15) is 29.8 Å². The number of aromatic nitrogens is 3. The van der Waals surface area contributed by atoms with Gasteiger partial charge in [0.05, 0.1) is 21.2 Å². The molecular weight excluding hydrogens is 396 g/mol. The Hall–Kier alpha value is -4.48. The van der Waals surface area contributed by atoms with Gasteiger partial charge in [0, 0.05) is 35.4 Å². The van der Waals surface area contributed by atoms with Crippen molar-refractivity contribution in [2.75, 3.05) is 5.01 Å². The van der Waals surface area contributed by atoms with Gasteiger partial charge in [-0.05, 0) is 43.3 Å². The number of carbonyl (C=O) groups is 2. The van der Waals surface area contributed by atoms with Gasteiger partial charge < -0.3 is 0 Å². The summed E-state index contributed by atoms with van der Waals surface area (Å²) in [5.74, 6) is -1.61. The number of non-ortho nitro benzene ring substituents is 2. The summed E-state index contributed by atoms with van der Waals surface area (Å²) in [6.07, 6.45) is 0. The number of imide groups is 1. The molecule has 152 valence electrons. The van der Waals surface area contributed by atoms with E-state index in [1.54, 1.807) is 13.8 Å². The van der Waals surface area contributed by atoms with Crippen molar-refractivity contribution in [3.8, 4) is 0 Å². The van der Waals surface area contributed by atoms with Crippen LogP contribution in [0, 0.1) is 34.1 Å². The van der Waals surface area contributed by atoms with Crippen molar-refractivity contribution in [2.24, 2.45) is 0 Å². The molecule has 0 radical (unpaired) electrons. The molecule has 0 N–H and O–H groups in total. The van der Waals surface area contributed by atoms with E-state index in [0.29, 0.717) is 11.4 Å². The summed E-state index contributed by atoms with van der Waals surface area (Å²) in [6, 6.07) is 9.43. The van der Waals surface area contributed by atoms with Gasteiger partial charge in [-0.25, -0.2) is 0 Å². The highest BCUT2D eigenvalue weighted by atomic mass is 16.6. The zero-order chi connectivity index (χ0) is 22.0. The van der Waals surface area contributed by atoms with E-state index >= 15 is 0 Å². The molecule has 0 atom stereocenters. The molecule has 12 nitrogen and oxygen atoms in total. The first-order valence-corrected chi connectivity index (χ1v) is 8.47. The van der Waals surface area contributed by atoms with Gasteiger partial charge in [0.15, 0.2) is 0 Å². The van der Waals surface area contributed by atoms with E-state index in [4.69, 9.17) is 0 Å². The van der Waals surface area contributed by atoms with Crippen LogP contribution in [0.15, 0.2) is 48.5 Å². The van der Waals surface area contributed by atoms with Gasteiger partial charge in [0.25, 0.3) is 23.2 Å². The fraction of sp³-hybridized carbons (Fsp3) is 0.111. The van der Waals surface area contributed by atoms with Crippen LogP contribution in [0.2, 0.25) is 0 Å². The highest BCUT2D eigenvalue weighted by molar-refractivity contribution is 6.20. The summed E-state index contributed by atoms with van der Waals surface area (Å²) in [6.45, 7) is 3.25. The van der Waals surface area contributed by atoms with Gasteiger partial charge >= 0.3 is 0 Å². The molecule has 12 heteroatoms. The number of amides is 2. The lowest BCUT2D eigenvalue weighted by Gasteiger charge is -2.21. The molecule has 2 amide bonds. The van der Waals surface area contributed by atoms with Crippen LogP contribution in [0.1, 0.15) is 32.1 Å². The number of hydrogen-bond acceptors (Lipinski definition) is 8. The number of nitro groups is 2. The van der Waals surface area contributed by atoms with Crippen LogP contribution in [-0.2, 0) is 0 Å². The standard InChI is InChI=1S/C18H14N6O6/c1-11-12(2)22(20-19-11)21(17(25)13-3-7-15(8-4-13)23(27)28)18(26)14-5-9-16(10-6-14)24(29)30/h3-10H,1-2H3. The van der Waals surface area contributed by atoms with Gasteiger partial charge in [-0.2, -0.15) is 5.01 Å². The Kier molecular flexibility index (Phi) is 5.31. The van der Waals surface area contributed by atoms with Crippen molar-refractivity contribution in [3.63, 3.8) is 0 Å². The van der Waals surface area contributed by atoms with Crippen LogP contribution in [0.5, 0.6) is 0 Å². The predicted molar refractivity (Wildman–Crippen MR) is 103 cm³/mol. The predicted octanol–water partition coefficient (Wildman–Crippen LogP) is 2.33. The second kappa shape index (κ2) is 7.87. The minimum atomic E-state index is -0.804. The van der Waals surface area contributed by atoms with E-state index in [0.717, 1.165) is 34.1 Å². The quantitative estimate of drug-likeness (QED) is 0.353. The Balaban J connectivity index is 2.05. The highest BCUT2D eigenvalue weighted by Crippen LogP contribution is 2.18. The zero-order valence-electron chi connectivity index (χ0n) is 15.8. The maximum Gasteiger partial charge on any atom is 0.281 e. The van der Waals surface area contributed by atoms with E-state index < -0.39 is 21.7 Å². The minimum absolute atomic E-state index is 0.00316. The SMILES string of the molecule is Cc1nnn(N(C(=O)c2ccc([N+](=O)[O-])cc2)C(=O)c2ccc([N+](=O)[O-])cc2)c1C. The highest BCUT2D eigenvalue weighted by Gasteiger charge is 2.29. The number of carbonyl (C=O) groups excluding carboxylic acids is 2. The van der Waals surface area contributed by atoms with E-state index in [1.807, 2.05) is 0 Å². The van der Waals surface area contributed by atoms with E-state index in [2.05, 4.69) is 10.3 Å². The van der Waals surface area contributed by atoms with Crippen LogP contribution >= 0.6 is 0 Å². The Morgan fingerprint density at radius 3 is 1.53 bits per heavy atom. The third-order valence-corrected chi connectivity index (χ3v) is 4.33. The monoisotopic (exact) mass is 410 g/mol. The first-order valence-electron chi connectivity index (χ1n) is 8.47. The van der Waals surface area contributed by atoms with E-state index in [-0.39, 0.29) is 22.5 Å². The fourth-order valence-corrected chi connectivity index (χ4v) is 2.54. The summed E-state index contributed by atoms with van der Waals surface area (Å²) in [5, 5.41) is 30.1. The molecular formula is C18H14N6O6. The summed E-state index contributed by atoms with van der Waals surface area (Å²) in [7, 11) is 0. The lowest BCUT2D eigenvalue weighted by atomic mass is 10.1. The van der Waals surface area contributed by atoms with Crippen molar-refractivity contribution in [2.45, 2.75) is 13.8 Å². The van der Waals surface area contributed by atoms with Gasteiger partial charge in [0.1, 0.15) is 0 Å². The normalized spacial score (nSPS) is 10.5. The number of rotatable bonds is 5. The second-order valence-electron chi connectivity index (χ2n) is 6.18. The number of benzene rings is 2. The molecule has 0 bridgehead atoms. The van der Waals surface area contributed by atoms with Crippen molar-refractivity contribution < 1.29 is 19.4 Å². The Morgan fingerprint density at radius 1 is 0.833 bits per heavy atom. The lowest BCUT2D eigenvalue weighted by Crippen LogP contribution is -2.46. The van der Waals surface area contributed by atoms with Crippen LogP contribution in [-0.4, -0.2) is 36.8 Å². The molecule has 2 aromatic carbocycles. The number of aryl methyl sites for hydroxylation is 1. The molecule has 0 aliphatic carbocycles. The smallest absolute Gasteiger partial charge is 0.267 e. The summed E-state index contributed by atoms with van der Waals surface area (Å²) < 4.78 is 0. The van der Waals surface area contributed by atoms with E-state index in [1.165, 1.54) is 24.3 Å². The molecule has 1 aromatic heterocycles. The summed E-state index contributed by atoms with van der Waals surface area (Å²) in [5.41, 5.74) is 0.473. The first kappa shape index (κ1) is 20.3. The molecule has 0 fully saturated rings. The Morgan fingerprint density at radius 2 is 1.23 bits per heavy atom. The second-order valence-corrected chi connectivity index (χ2v) is 6.18. The number of hydrogen-bond donors (Lipinski definition) is 0. The molecule has 0 saturated carbocycles. The van der Waals surface area contributed by atoms with Gasteiger partial charge in [-0.1, -0.05) is 0 Å². The van der Waals surface area contributed by atoms with Crippen LogP contribution in [0.3, 0.4) is 0 Å². The van der Waals surface area contributed by atoms with Crippen molar-refractivity contribution in [1.82, 2.24) is 15.1 Å². The van der Waals surface area contributed by atoms with Crippen molar-refractivity contribution in [3.05, 3.63) is 91.3 Å². The van der Waals surface area contributed by atoms with Gasteiger partial charge in [0.2, 0.25) is 0 Å². The molecule has 0 aliphatic rings. The lowest BCUT2D eigenvalue weighted by molar-refractivity contribution is -0.385. The van der Waals surface area contributed by atoms with Crippen molar-refractivity contribution in [1.29, 1.82) is 0 Å². The maximum atomic E-state index is 13.1. The summed E-state index contributed by atoms with van der Waals surface area (Å²) in [4.78, 5) is 47.7. The minimum Gasteiger partial charge on any atom is -0.267 e. The van der Waals surface area contributed by atoms with Crippen LogP contribution in [0.25, 0.3) is 0 Å². The molecule has 0 saturated heterocycles. The molecule has 30 heavy (non-hydrogen) atoms. The molecule has 0 spiro atoms. The van der Waals surface area contributed by atoms with Crippen molar-refractivity contribution >= 4 is 23.2 Å². The maximum absolute atomic E-state index is 13.1. The third kappa shape index (κ3) is 3.73. The topological polar surface area (TPSA) is 154 Å². The van der Waals surface area contributed by atoms with Gasteiger partial charge in [-0.3, -0.25) is 29.8 Å². The molecule has 0 unspecified atom stereocenters.